The number of rotatable bonds is 6. The van der Waals surface area contributed by atoms with Crippen LogP contribution in [0.1, 0.15) is 36.4 Å². The number of piperidine rings is 1. The molecule has 2 heterocycles. The lowest BCUT2D eigenvalue weighted by atomic mass is 9.91. The Hall–Kier alpha value is -3.28. The molecule has 4 rings (SSSR count). The van der Waals surface area contributed by atoms with Crippen LogP contribution in [0, 0.1) is 5.82 Å². The third-order valence-electron chi connectivity index (χ3n) is 5.77. The minimum Gasteiger partial charge on any atom is -0.497 e. The van der Waals surface area contributed by atoms with Crippen molar-refractivity contribution in [2.45, 2.75) is 31.6 Å². The number of nitrogens with zero attached hydrogens (tertiary/aromatic N) is 3. The van der Waals surface area contributed by atoms with Crippen molar-refractivity contribution in [2.24, 2.45) is 0 Å². The molecule has 0 saturated carbocycles. The Labute approximate surface area is 181 Å². The molecule has 5 nitrogen and oxygen atoms in total. The molecule has 0 spiro atoms. The summed E-state index contributed by atoms with van der Waals surface area (Å²) >= 11 is 0. The van der Waals surface area contributed by atoms with Crippen molar-refractivity contribution in [1.29, 1.82) is 0 Å². The fourth-order valence-corrected chi connectivity index (χ4v) is 4.13. The van der Waals surface area contributed by atoms with Crippen molar-refractivity contribution in [1.82, 2.24) is 14.9 Å². The highest BCUT2D eigenvalue weighted by molar-refractivity contribution is 5.76. The highest BCUT2D eigenvalue weighted by Gasteiger charge is 2.27. The van der Waals surface area contributed by atoms with Crippen LogP contribution >= 0.6 is 0 Å². The number of hydrogen-bond donors (Lipinski definition) is 0. The second kappa shape index (κ2) is 9.69. The molecular formula is C25H26FN3O2. The first-order chi connectivity index (χ1) is 15.1. The minimum atomic E-state index is -0.298. The molecule has 0 N–H and O–H groups in total. The van der Waals surface area contributed by atoms with Gasteiger partial charge >= 0.3 is 0 Å². The number of likely N-dealkylation sites (tertiary alicyclic amines) is 1. The second-order valence-corrected chi connectivity index (χ2v) is 7.83. The van der Waals surface area contributed by atoms with Gasteiger partial charge in [0.05, 0.1) is 18.5 Å². The Morgan fingerprint density at radius 1 is 1.16 bits per heavy atom. The Kier molecular flexibility index (Phi) is 6.55. The van der Waals surface area contributed by atoms with Crippen LogP contribution in [0.2, 0.25) is 0 Å². The average Bonchev–Trinajstić information content (AvgIpc) is 2.83. The van der Waals surface area contributed by atoms with Crippen LogP contribution in [0.15, 0.2) is 60.9 Å². The van der Waals surface area contributed by atoms with Gasteiger partial charge in [-0.3, -0.25) is 14.8 Å². The quantitative estimate of drug-likeness (QED) is 0.585. The molecule has 0 unspecified atom stereocenters. The van der Waals surface area contributed by atoms with E-state index in [2.05, 4.69) is 9.97 Å². The molecule has 3 aromatic rings. The zero-order chi connectivity index (χ0) is 21.6. The van der Waals surface area contributed by atoms with Gasteiger partial charge in [0.15, 0.2) is 0 Å². The number of aromatic nitrogens is 2. The fourth-order valence-electron chi connectivity index (χ4n) is 4.13. The topological polar surface area (TPSA) is 55.3 Å². The minimum absolute atomic E-state index is 0.0886. The predicted molar refractivity (Wildman–Crippen MR) is 117 cm³/mol. The maximum absolute atomic E-state index is 13.8. The molecule has 31 heavy (non-hydrogen) atoms. The molecule has 1 amide bonds. The SMILES string of the molecule is COc1ccc(CCC(=O)N2CCC[C@@H](c3nccnc3-c3cccc(F)c3)C2)cc1. The third kappa shape index (κ3) is 5.08. The number of carbonyl (C=O) groups is 1. The Morgan fingerprint density at radius 2 is 1.97 bits per heavy atom. The van der Waals surface area contributed by atoms with Crippen LogP contribution in [0.25, 0.3) is 11.3 Å². The van der Waals surface area contributed by atoms with E-state index in [-0.39, 0.29) is 17.6 Å². The summed E-state index contributed by atoms with van der Waals surface area (Å²) in [6.45, 7) is 1.37. The number of ether oxygens (including phenoxy) is 1. The van der Waals surface area contributed by atoms with Crippen molar-refractivity contribution < 1.29 is 13.9 Å². The van der Waals surface area contributed by atoms with Crippen molar-refractivity contribution in [3.63, 3.8) is 0 Å². The zero-order valence-corrected chi connectivity index (χ0v) is 17.6. The van der Waals surface area contributed by atoms with Crippen LogP contribution in [-0.2, 0) is 11.2 Å². The maximum Gasteiger partial charge on any atom is 0.222 e. The predicted octanol–water partition coefficient (Wildman–Crippen LogP) is 4.63. The highest BCUT2D eigenvalue weighted by Crippen LogP contribution is 2.32. The molecule has 1 aliphatic heterocycles. The number of methoxy groups -OCH3 is 1. The largest absolute Gasteiger partial charge is 0.497 e. The summed E-state index contributed by atoms with van der Waals surface area (Å²) in [5.41, 5.74) is 3.36. The van der Waals surface area contributed by atoms with Gasteiger partial charge in [-0.25, -0.2) is 4.39 Å². The monoisotopic (exact) mass is 419 g/mol. The number of benzene rings is 2. The first-order valence-electron chi connectivity index (χ1n) is 10.6. The Morgan fingerprint density at radius 3 is 2.74 bits per heavy atom. The van der Waals surface area contributed by atoms with Gasteiger partial charge in [-0.2, -0.15) is 0 Å². The van der Waals surface area contributed by atoms with Gasteiger partial charge in [-0.1, -0.05) is 24.3 Å². The van der Waals surface area contributed by atoms with Crippen LogP contribution in [0.5, 0.6) is 5.75 Å². The molecule has 1 aliphatic rings. The molecule has 6 heteroatoms. The zero-order valence-electron chi connectivity index (χ0n) is 17.6. The summed E-state index contributed by atoms with van der Waals surface area (Å²) in [7, 11) is 1.64. The number of halogens is 1. The van der Waals surface area contributed by atoms with E-state index < -0.39 is 0 Å². The first kappa shape index (κ1) is 21.0. The van der Waals surface area contributed by atoms with E-state index in [9.17, 15) is 9.18 Å². The number of carbonyl (C=O) groups excluding carboxylic acids is 1. The lowest BCUT2D eigenvalue weighted by molar-refractivity contribution is -0.132. The maximum atomic E-state index is 13.8. The van der Waals surface area contributed by atoms with Crippen molar-refractivity contribution >= 4 is 5.91 Å². The van der Waals surface area contributed by atoms with E-state index >= 15 is 0 Å². The summed E-state index contributed by atoms with van der Waals surface area (Å²) in [6.07, 6.45) is 6.31. The normalized spacial score (nSPS) is 16.2. The summed E-state index contributed by atoms with van der Waals surface area (Å²) in [5, 5.41) is 0. The van der Waals surface area contributed by atoms with Gasteiger partial charge in [0, 0.05) is 43.4 Å². The molecule has 0 radical (unpaired) electrons. The molecule has 1 aromatic heterocycles. The van der Waals surface area contributed by atoms with Gasteiger partial charge in [-0.15, -0.1) is 0 Å². The van der Waals surface area contributed by atoms with Gasteiger partial charge in [0.1, 0.15) is 11.6 Å². The summed E-state index contributed by atoms with van der Waals surface area (Å²) in [5.74, 6) is 0.752. The van der Waals surface area contributed by atoms with Gasteiger partial charge in [0.2, 0.25) is 5.91 Å². The summed E-state index contributed by atoms with van der Waals surface area (Å²) in [6, 6.07) is 14.2. The Balaban J connectivity index is 1.44. The lowest BCUT2D eigenvalue weighted by Gasteiger charge is -2.33. The molecule has 1 fully saturated rings. The smallest absolute Gasteiger partial charge is 0.222 e. The van der Waals surface area contributed by atoms with Crippen LogP contribution in [0.4, 0.5) is 4.39 Å². The molecule has 160 valence electrons. The van der Waals surface area contributed by atoms with Crippen molar-refractivity contribution in [3.8, 4) is 17.0 Å². The van der Waals surface area contributed by atoms with Gasteiger partial charge in [-0.05, 0) is 49.1 Å². The Bertz CT molecular complexity index is 1040. The van der Waals surface area contributed by atoms with Crippen molar-refractivity contribution in [2.75, 3.05) is 20.2 Å². The number of hydrogen-bond acceptors (Lipinski definition) is 4. The van der Waals surface area contributed by atoms with Crippen LogP contribution in [-0.4, -0.2) is 41.0 Å². The first-order valence-corrected chi connectivity index (χ1v) is 10.6. The lowest BCUT2D eigenvalue weighted by Crippen LogP contribution is -2.39. The molecule has 2 aromatic carbocycles. The third-order valence-corrected chi connectivity index (χ3v) is 5.77. The number of amides is 1. The summed E-state index contributed by atoms with van der Waals surface area (Å²) in [4.78, 5) is 23.9. The molecular weight excluding hydrogens is 393 g/mol. The van der Waals surface area contributed by atoms with Crippen LogP contribution in [0.3, 0.4) is 0 Å². The molecule has 0 bridgehead atoms. The van der Waals surface area contributed by atoms with Crippen LogP contribution < -0.4 is 4.74 Å². The van der Waals surface area contributed by atoms with E-state index in [1.807, 2.05) is 35.2 Å². The van der Waals surface area contributed by atoms with Gasteiger partial charge < -0.3 is 9.64 Å². The fraction of sp³-hybridized carbons (Fsp3) is 0.320. The standard InChI is InChI=1S/C25H26FN3O2/c1-31-22-10-7-18(8-11-22)9-12-23(30)29-15-3-5-20(17-29)25-24(27-13-14-28-25)19-4-2-6-21(26)16-19/h2,4,6-8,10-11,13-14,16,20H,3,5,9,12,15,17H2,1H3/t20-/m1/s1. The van der Waals surface area contributed by atoms with E-state index in [1.54, 1.807) is 25.6 Å². The second-order valence-electron chi connectivity index (χ2n) is 7.83. The highest BCUT2D eigenvalue weighted by atomic mass is 19.1. The summed E-state index contributed by atoms with van der Waals surface area (Å²) < 4.78 is 18.9. The van der Waals surface area contributed by atoms with E-state index in [4.69, 9.17) is 4.74 Å². The molecule has 0 aliphatic carbocycles. The van der Waals surface area contributed by atoms with Gasteiger partial charge in [0.25, 0.3) is 0 Å². The van der Waals surface area contributed by atoms with E-state index in [0.29, 0.717) is 30.6 Å². The molecule has 1 saturated heterocycles. The van der Waals surface area contributed by atoms with Crippen molar-refractivity contribution in [3.05, 3.63) is 78.0 Å². The van der Waals surface area contributed by atoms with E-state index in [1.165, 1.54) is 12.1 Å². The van der Waals surface area contributed by atoms with E-state index in [0.717, 1.165) is 36.4 Å². The average molecular weight is 420 g/mol. The number of aryl methyl sites for hydroxylation is 1. The molecule has 1 atom stereocenters.